The third-order valence-corrected chi connectivity index (χ3v) is 1.54. The summed E-state index contributed by atoms with van der Waals surface area (Å²) in [7, 11) is 0. The Labute approximate surface area is 91.4 Å². The molecule has 1 N–H and O–H groups in total. The summed E-state index contributed by atoms with van der Waals surface area (Å²) in [6.07, 6.45) is 8.80. The minimum Gasteiger partial charge on any atom is -0.626 e. The van der Waals surface area contributed by atoms with E-state index < -0.39 is 0 Å². The molecule has 0 aliphatic carbocycles. The van der Waals surface area contributed by atoms with Crippen LogP contribution in [0, 0.1) is 5.21 Å². The molecule has 0 rings (SSSR count). The molecule has 0 aromatic carbocycles. The second-order valence-electron chi connectivity index (χ2n) is 2.52. The molecule has 11 heavy (non-hydrogen) atoms. The van der Waals surface area contributed by atoms with E-state index in [1.54, 1.807) is 11.4 Å². The quantitative estimate of drug-likeness (QED) is 0.203. The summed E-state index contributed by atoms with van der Waals surface area (Å²) < 4.78 is 0. The van der Waals surface area contributed by atoms with E-state index in [2.05, 4.69) is 6.92 Å². The molecule has 0 aliphatic rings. The van der Waals surface area contributed by atoms with Gasteiger partial charge < -0.3 is 5.21 Å². The minimum absolute atomic E-state index is 0. The van der Waals surface area contributed by atoms with Gasteiger partial charge >= 0.3 is 0 Å². The number of rotatable bonds is 6. The Hall–Kier alpha value is 0.470. The molecule has 3 heteroatoms. The number of unbranched alkanes of at least 4 members (excludes halogenated alkanes) is 5. The second-order valence-corrected chi connectivity index (χ2v) is 2.52. The van der Waals surface area contributed by atoms with Crippen LogP contribution < -0.4 is 5.16 Å². The van der Waals surface area contributed by atoms with E-state index in [9.17, 15) is 5.21 Å². The van der Waals surface area contributed by atoms with E-state index in [1.807, 2.05) is 0 Å². The first kappa shape index (κ1) is 14.0. The first-order chi connectivity index (χ1) is 4.91. The summed E-state index contributed by atoms with van der Waals surface area (Å²) in [5.41, 5.74) is 0. The van der Waals surface area contributed by atoms with Gasteiger partial charge in [-0.25, -0.2) is 5.16 Å². The van der Waals surface area contributed by atoms with Crippen molar-refractivity contribution in [2.24, 2.45) is 0 Å². The van der Waals surface area contributed by atoms with Crippen molar-refractivity contribution in [3.05, 3.63) is 5.21 Å². The number of nitrogens with one attached hydrogen (secondary N) is 1. The molecular formula is C8H17NNaO. The molecule has 0 bridgehead atoms. The van der Waals surface area contributed by atoms with Gasteiger partial charge in [0.2, 0.25) is 0 Å². The Morgan fingerprint density at radius 1 is 1.18 bits per heavy atom. The van der Waals surface area contributed by atoms with Crippen molar-refractivity contribution in [3.8, 4) is 0 Å². The molecule has 0 saturated heterocycles. The first-order valence-electron chi connectivity index (χ1n) is 4.11. The van der Waals surface area contributed by atoms with Gasteiger partial charge in [-0.2, -0.15) is 0 Å². The van der Waals surface area contributed by atoms with E-state index in [1.165, 1.54) is 25.7 Å². The molecular weight excluding hydrogens is 149 g/mol. The van der Waals surface area contributed by atoms with Crippen LogP contribution in [0.25, 0.3) is 0 Å². The van der Waals surface area contributed by atoms with E-state index in [-0.39, 0.29) is 29.6 Å². The zero-order valence-electron chi connectivity index (χ0n) is 7.73. The average molecular weight is 166 g/mol. The summed E-state index contributed by atoms with van der Waals surface area (Å²) in [6.45, 7) is 2.20. The van der Waals surface area contributed by atoms with Crippen molar-refractivity contribution >= 4 is 35.8 Å². The maximum Gasteiger partial charge on any atom is 0.148 e. The van der Waals surface area contributed by atoms with Crippen LogP contribution in [0.3, 0.4) is 0 Å². The summed E-state index contributed by atoms with van der Waals surface area (Å²) in [5, 5.41) is 11.5. The van der Waals surface area contributed by atoms with Crippen LogP contribution in [0.1, 0.15) is 45.4 Å². The van der Waals surface area contributed by atoms with Gasteiger partial charge in [-0.1, -0.05) is 32.6 Å². The maximum atomic E-state index is 9.71. The summed E-state index contributed by atoms with van der Waals surface area (Å²) in [6, 6.07) is 0. The molecule has 0 aromatic heterocycles. The summed E-state index contributed by atoms with van der Waals surface area (Å²) >= 11 is 0. The van der Waals surface area contributed by atoms with Crippen molar-refractivity contribution in [2.45, 2.75) is 45.4 Å². The zero-order chi connectivity index (χ0) is 7.66. The van der Waals surface area contributed by atoms with Crippen molar-refractivity contribution in [1.29, 1.82) is 0 Å². The van der Waals surface area contributed by atoms with Crippen molar-refractivity contribution < 1.29 is 5.16 Å². The Bertz CT molecular complexity index is 86.2. The van der Waals surface area contributed by atoms with Crippen molar-refractivity contribution in [1.82, 2.24) is 0 Å². The average Bonchev–Trinajstić information content (AvgIpc) is 1.97. The molecule has 61 valence electrons. The third kappa shape index (κ3) is 13.5. The summed E-state index contributed by atoms with van der Waals surface area (Å²) in [5.74, 6) is 0. The van der Waals surface area contributed by atoms with Gasteiger partial charge in [-0.05, 0) is 6.42 Å². The predicted molar refractivity (Wildman–Crippen MR) is 49.5 cm³/mol. The Kier molecular flexibility index (Phi) is 16.7. The Balaban J connectivity index is 0. The zero-order valence-corrected chi connectivity index (χ0v) is 9.73. The predicted octanol–water partition coefficient (Wildman–Crippen LogP) is 0.615. The van der Waals surface area contributed by atoms with E-state index in [4.69, 9.17) is 0 Å². The van der Waals surface area contributed by atoms with E-state index in [0.717, 1.165) is 12.8 Å². The van der Waals surface area contributed by atoms with Gasteiger partial charge in [0, 0.05) is 36.0 Å². The smallest absolute Gasteiger partial charge is 0.148 e. The van der Waals surface area contributed by atoms with Gasteiger partial charge in [-0.3, -0.25) is 0 Å². The Morgan fingerprint density at radius 2 is 1.82 bits per heavy atom. The van der Waals surface area contributed by atoms with Crippen molar-refractivity contribution in [3.63, 3.8) is 0 Å². The van der Waals surface area contributed by atoms with Gasteiger partial charge in [0.1, 0.15) is 6.21 Å². The fourth-order valence-electron chi connectivity index (χ4n) is 0.909. The molecule has 0 fully saturated rings. The van der Waals surface area contributed by atoms with Gasteiger partial charge in [-0.15, -0.1) is 0 Å². The van der Waals surface area contributed by atoms with Crippen LogP contribution in [0.5, 0.6) is 0 Å². The minimum atomic E-state index is 0. The normalized spacial score (nSPS) is 9.91. The fourth-order valence-corrected chi connectivity index (χ4v) is 0.909. The van der Waals surface area contributed by atoms with Gasteiger partial charge in [0.05, 0.1) is 0 Å². The molecule has 0 amide bonds. The number of hydrogen-bond acceptors (Lipinski definition) is 1. The molecule has 0 aromatic rings. The third-order valence-electron chi connectivity index (χ3n) is 1.54. The topological polar surface area (TPSA) is 37.0 Å². The standard InChI is InChI=1S/C8H17NO.Na/c1-2-3-4-5-6-7-8-9-10;/h8-9H,2-7H2,1H3;. The number of hydrogen-bond donors (Lipinski definition) is 1. The van der Waals surface area contributed by atoms with Crippen LogP contribution in [0.2, 0.25) is 0 Å². The Morgan fingerprint density at radius 3 is 2.36 bits per heavy atom. The van der Waals surface area contributed by atoms with Crippen LogP contribution in [-0.4, -0.2) is 35.8 Å². The van der Waals surface area contributed by atoms with E-state index in [0.29, 0.717) is 0 Å². The van der Waals surface area contributed by atoms with Crippen LogP contribution in [-0.2, 0) is 0 Å². The second kappa shape index (κ2) is 13.1. The largest absolute Gasteiger partial charge is 0.626 e. The molecule has 2 nitrogen and oxygen atoms in total. The molecule has 0 spiro atoms. The van der Waals surface area contributed by atoms with Crippen LogP contribution >= 0.6 is 0 Å². The molecule has 0 atom stereocenters. The monoisotopic (exact) mass is 166 g/mol. The van der Waals surface area contributed by atoms with Crippen LogP contribution in [0.4, 0.5) is 0 Å². The van der Waals surface area contributed by atoms with Crippen molar-refractivity contribution in [2.75, 3.05) is 0 Å². The summed E-state index contributed by atoms with van der Waals surface area (Å²) in [4.78, 5) is 0. The molecule has 1 radical (unpaired) electrons. The molecule has 0 saturated carbocycles. The van der Waals surface area contributed by atoms with Gasteiger partial charge in [0.25, 0.3) is 0 Å². The van der Waals surface area contributed by atoms with Gasteiger partial charge in [0.15, 0.2) is 0 Å². The molecule has 0 heterocycles. The molecule has 0 unspecified atom stereocenters. The first-order valence-corrected chi connectivity index (χ1v) is 4.11. The van der Waals surface area contributed by atoms with E-state index >= 15 is 0 Å². The maximum absolute atomic E-state index is 9.71. The molecule has 0 aliphatic heterocycles. The fraction of sp³-hybridized carbons (Fsp3) is 0.875. The van der Waals surface area contributed by atoms with Crippen LogP contribution in [0.15, 0.2) is 0 Å². The SMILES string of the molecule is CCCCCCCC=[NH+][O-].[Na].